The molecule has 1 rings (SSSR count). The second-order valence-corrected chi connectivity index (χ2v) is 5.22. The number of anilines is 1. The fraction of sp³-hybridized carbons (Fsp3) is 0.400. The van der Waals surface area contributed by atoms with Gasteiger partial charge in [-0.25, -0.2) is 0 Å². The van der Waals surface area contributed by atoms with Crippen molar-refractivity contribution in [1.29, 1.82) is 0 Å². The van der Waals surface area contributed by atoms with Crippen molar-refractivity contribution in [3.8, 4) is 0 Å². The molecule has 0 fully saturated rings. The zero-order valence-corrected chi connectivity index (χ0v) is 10.4. The zero-order valence-electron chi connectivity index (χ0n) is 8.03. The Bertz CT molecular complexity index is 304. The number of hydrogen-bond donors (Lipinski definition) is 2. The van der Waals surface area contributed by atoms with Crippen LogP contribution < -0.4 is 5.73 Å². The highest BCUT2D eigenvalue weighted by Gasteiger charge is 2.01. The summed E-state index contributed by atoms with van der Waals surface area (Å²) in [6, 6.07) is 5.86. The Balaban J connectivity index is 2.51. The van der Waals surface area contributed by atoms with Crippen LogP contribution in [0.2, 0.25) is 0 Å². The highest BCUT2D eigenvalue weighted by atomic mass is 79.9. The Labute approximate surface area is 97.0 Å². The highest BCUT2D eigenvalue weighted by Crippen LogP contribution is 2.28. The maximum atomic E-state index is 9.09. The lowest BCUT2D eigenvalue weighted by molar-refractivity contribution is 0.192. The number of nitrogens with two attached hydrogens (primary N) is 1. The van der Waals surface area contributed by atoms with Crippen molar-refractivity contribution in [1.82, 2.24) is 0 Å². The zero-order chi connectivity index (χ0) is 10.6. The van der Waals surface area contributed by atoms with Gasteiger partial charge in [-0.15, -0.1) is 11.8 Å². The molecule has 78 valence electrons. The lowest BCUT2D eigenvalue weighted by Gasteiger charge is -2.06. The van der Waals surface area contributed by atoms with Crippen LogP contribution in [-0.4, -0.2) is 17.0 Å². The molecule has 0 radical (unpaired) electrons. The summed E-state index contributed by atoms with van der Waals surface area (Å²) < 4.78 is 0.995. The quantitative estimate of drug-likeness (QED) is 0.656. The molecular weight excluding hydrogens is 262 g/mol. The van der Waals surface area contributed by atoms with Gasteiger partial charge in [0.1, 0.15) is 0 Å². The summed E-state index contributed by atoms with van der Waals surface area (Å²) in [5.41, 5.74) is 6.61. The molecule has 0 saturated heterocycles. The third-order valence-electron chi connectivity index (χ3n) is 1.77. The smallest absolute Gasteiger partial charge is 0.0520 e. The maximum Gasteiger partial charge on any atom is 0.0520 e. The van der Waals surface area contributed by atoms with Crippen LogP contribution >= 0.6 is 27.7 Å². The molecule has 1 atom stereocenters. The van der Waals surface area contributed by atoms with Gasteiger partial charge in [0.25, 0.3) is 0 Å². The predicted molar refractivity (Wildman–Crippen MR) is 65.6 cm³/mol. The molecule has 2 nitrogen and oxygen atoms in total. The standard InChI is InChI=1S/C10H14BrNOS/c1-7(13)4-5-14-10-3-2-8(11)6-9(10)12/h2-3,6-7,13H,4-5,12H2,1H3. The number of benzene rings is 1. The predicted octanol–water partition coefficient (Wildman–Crippen LogP) is 2.89. The Kier molecular flexibility index (Phi) is 4.78. The van der Waals surface area contributed by atoms with E-state index in [1.165, 1.54) is 0 Å². The molecule has 0 aliphatic heterocycles. The first-order valence-electron chi connectivity index (χ1n) is 4.45. The fourth-order valence-electron chi connectivity index (χ4n) is 0.990. The van der Waals surface area contributed by atoms with Crippen molar-refractivity contribution in [2.75, 3.05) is 11.5 Å². The summed E-state index contributed by atoms with van der Waals surface area (Å²) in [6.45, 7) is 1.80. The van der Waals surface area contributed by atoms with Gasteiger partial charge in [-0.3, -0.25) is 0 Å². The molecular formula is C10H14BrNOS. The van der Waals surface area contributed by atoms with E-state index in [1.807, 2.05) is 18.2 Å². The molecule has 1 aromatic rings. The topological polar surface area (TPSA) is 46.2 Å². The molecule has 0 aliphatic carbocycles. The minimum Gasteiger partial charge on any atom is -0.398 e. The molecule has 0 spiro atoms. The third-order valence-corrected chi connectivity index (χ3v) is 3.38. The SMILES string of the molecule is CC(O)CCSc1ccc(Br)cc1N. The van der Waals surface area contributed by atoms with E-state index in [-0.39, 0.29) is 6.10 Å². The maximum absolute atomic E-state index is 9.09. The normalized spacial score (nSPS) is 12.8. The van der Waals surface area contributed by atoms with E-state index >= 15 is 0 Å². The number of halogens is 1. The second kappa shape index (κ2) is 5.63. The molecule has 0 heterocycles. The first kappa shape index (κ1) is 11.9. The summed E-state index contributed by atoms with van der Waals surface area (Å²) in [7, 11) is 0. The van der Waals surface area contributed by atoms with E-state index in [4.69, 9.17) is 10.8 Å². The highest BCUT2D eigenvalue weighted by molar-refractivity contribution is 9.10. The van der Waals surface area contributed by atoms with Gasteiger partial charge in [0.2, 0.25) is 0 Å². The van der Waals surface area contributed by atoms with Crippen LogP contribution in [0.25, 0.3) is 0 Å². The van der Waals surface area contributed by atoms with Gasteiger partial charge < -0.3 is 10.8 Å². The molecule has 4 heteroatoms. The van der Waals surface area contributed by atoms with Gasteiger partial charge in [-0.1, -0.05) is 15.9 Å². The van der Waals surface area contributed by atoms with Crippen molar-refractivity contribution in [2.45, 2.75) is 24.3 Å². The minimum absolute atomic E-state index is 0.237. The van der Waals surface area contributed by atoms with E-state index < -0.39 is 0 Å². The summed E-state index contributed by atoms with van der Waals surface area (Å²) in [6.07, 6.45) is 0.555. The molecule has 3 N–H and O–H groups in total. The van der Waals surface area contributed by atoms with Gasteiger partial charge in [0.15, 0.2) is 0 Å². The van der Waals surface area contributed by atoms with Gasteiger partial charge in [0.05, 0.1) is 6.10 Å². The first-order chi connectivity index (χ1) is 6.59. The average Bonchev–Trinajstić information content (AvgIpc) is 2.08. The summed E-state index contributed by atoms with van der Waals surface area (Å²) in [5.74, 6) is 0.892. The molecule has 14 heavy (non-hydrogen) atoms. The number of hydrogen-bond acceptors (Lipinski definition) is 3. The van der Waals surface area contributed by atoms with Crippen LogP contribution in [0, 0.1) is 0 Å². The van der Waals surface area contributed by atoms with Crippen LogP contribution in [0.1, 0.15) is 13.3 Å². The van der Waals surface area contributed by atoms with Crippen LogP contribution in [0.5, 0.6) is 0 Å². The molecule has 0 amide bonds. The van der Waals surface area contributed by atoms with E-state index in [0.29, 0.717) is 0 Å². The van der Waals surface area contributed by atoms with Crippen LogP contribution in [-0.2, 0) is 0 Å². The van der Waals surface area contributed by atoms with Crippen molar-refractivity contribution in [3.63, 3.8) is 0 Å². The lowest BCUT2D eigenvalue weighted by atomic mass is 10.3. The Morgan fingerprint density at radius 3 is 2.86 bits per heavy atom. The van der Waals surface area contributed by atoms with E-state index in [2.05, 4.69) is 15.9 Å². The Hall–Kier alpha value is -0.190. The first-order valence-corrected chi connectivity index (χ1v) is 6.23. The second-order valence-electron chi connectivity index (χ2n) is 3.17. The summed E-state index contributed by atoms with van der Waals surface area (Å²) in [5, 5.41) is 9.09. The number of aliphatic hydroxyl groups is 1. The minimum atomic E-state index is -0.237. The Morgan fingerprint density at radius 1 is 1.57 bits per heavy atom. The van der Waals surface area contributed by atoms with Crippen LogP contribution in [0.15, 0.2) is 27.6 Å². The fourth-order valence-corrected chi connectivity index (χ4v) is 2.44. The van der Waals surface area contributed by atoms with Crippen molar-refractivity contribution in [3.05, 3.63) is 22.7 Å². The number of thioether (sulfide) groups is 1. The molecule has 1 unspecified atom stereocenters. The van der Waals surface area contributed by atoms with Gasteiger partial charge in [-0.05, 0) is 31.5 Å². The van der Waals surface area contributed by atoms with Gasteiger partial charge >= 0.3 is 0 Å². The summed E-state index contributed by atoms with van der Waals surface area (Å²) in [4.78, 5) is 1.08. The van der Waals surface area contributed by atoms with Gasteiger partial charge in [0, 0.05) is 20.8 Å². The molecule has 1 aromatic carbocycles. The van der Waals surface area contributed by atoms with Crippen molar-refractivity contribution < 1.29 is 5.11 Å². The Morgan fingerprint density at radius 2 is 2.29 bits per heavy atom. The van der Waals surface area contributed by atoms with Crippen LogP contribution in [0.3, 0.4) is 0 Å². The molecule has 0 aliphatic rings. The van der Waals surface area contributed by atoms with E-state index in [9.17, 15) is 0 Å². The van der Waals surface area contributed by atoms with Crippen molar-refractivity contribution >= 4 is 33.4 Å². The summed E-state index contributed by atoms with van der Waals surface area (Å²) >= 11 is 5.04. The largest absolute Gasteiger partial charge is 0.398 e. The van der Waals surface area contributed by atoms with E-state index in [0.717, 1.165) is 27.2 Å². The van der Waals surface area contributed by atoms with Crippen molar-refractivity contribution in [2.24, 2.45) is 0 Å². The molecule has 0 saturated carbocycles. The third kappa shape index (κ3) is 3.90. The monoisotopic (exact) mass is 275 g/mol. The molecule has 0 bridgehead atoms. The number of aliphatic hydroxyl groups excluding tert-OH is 1. The average molecular weight is 276 g/mol. The number of rotatable bonds is 4. The number of nitrogen functional groups attached to an aromatic ring is 1. The van der Waals surface area contributed by atoms with Crippen LogP contribution in [0.4, 0.5) is 5.69 Å². The molecule has 0 aromatic heterocycles. The van der Waals surface area contributed by atoms with E-state index in [1.54, 1.807) is 18.7 Å². The van der Waals surface area contributed by atoms with Gasteiger partial charge in [-0.2, -0.15) is 0 Å². The lowest BCUT2D eigenvalue weighted by Crippen LogP contribution is -2.00.